The van der Waals surface area contributed by atoms with Crippen molar-refractivity contribution in [1.29, 1.82) is 0 Å². The molecule has 0 amide bonds. The van der Waals surface area contributed by atoms with Crippen LogP contribution in [0.2, 0.25) is 0 Å². The molecule has 0 heterocycles. The Morgan fingerprint density at radius 1 is 0.818 bits per heavy atom. The summed E-state index contributed by atoms with van der Waals surface area (Å²) in [6.07, 6.45) is 0. The van der Waals surface area contributed by atoms with Crippen molar-refractivity contribution in [2.45, 2.75) is 13.8 Å². The molecule has 0 saturated heterocycles. The molecular formula is C6H14Cl2PtS2. The summed E-state index contributed by atoms with van der Waals surface area (Å²) in [5, 5.41) is 0. The van der Waals surface area contributed by atoms with Crippen LogP contribution in [-0.2, 0) is 21.1 Å². The van der Waals surface area contributed by atoms with Crippen LogP contribution in [-0.4, -0.2) is 23.0 Å². The third-order valence-electron chi connectivity index (χ3n) is 0.780. The van der Waals surface area contributed by atoms with Gasteiger partial charge in [-0.2, -0.15) is 23.5 Å². The van der Waals surface area contributed by atoms with Crippen LogP contribution in [0, 0.1) is 0 Å². The van der Waals surface area contributed by atoms with Crippen LogP contribution in [0.4, 0.5) is 0 Å². The van der Waals surface area contributed by atoms with Gasteiger partial charge >= 0.3 is 21.1 Å². The summed E-state index contributed by atoms with van der Waals surface area (Å²) in [5.41, 5.74) is 0. The van der Waals surface area contributed by atoms with E-state index in [-0.39, 0.29) is 45.9 Å². The van der Waals surface area contributed by atoms with Crippen molar-refractivity contribution in [2.24, 2.45) is 0 Å². The minimum atomic E-state index is 0. The van der Waals surface area contributed by atoms with E-state index in [2.05, 4.69) is 13.8 Å². The molecule has 0 nitrogen and oxygen atoms in total. The number of thioether (sulfide) groups is 2. The van der Waals surface area contributed by atoms with Crippen LogP contribution in [0.15, 0.2) is 0 Å². The van der Waals surface area contributed by atoms with E-state index in [1.807, 2.05) is 23.5 Å². The summed E-state index contributed by atoms with van der Waals surface area (Å²) in [5.74, 6) is 5.19. The molecule has 0 N–H and O–H groups in total. The first-order chi connectivity index (χ1) is 3.91. The molecule has 11 heavy (non-hydrogen) atoms. The van der Waals surface area contributed by atoms with Crippen LogP contribution in [0.3, 0.4) is 0 Å². The van der Waals surface area contributed by atoms with Gasteiger partial charge in [-0.3, -0.25) is 0 Å². The van der Waals surface area contributed by atoms with Gasteiger partial charge in [-0.25, -0.2) is 0 Å². The minimum absolute atomic E-state index is 0. The molecule has 0 aromatic heterocycles. The predicted octanol–water partition coefficient (Wildman–Crippen LogP) is -3.50. The second kappa shape index (κ2) is 22.7. The fourth-order valence-corrected chi connectivity index (χ4v) is 1.93. The number of rotatable bonds is 5. The summed E-state index contributed by atoms with van der Waals surface area (Å²) in [7, 11) is 0. The van der Waals surface area contributed by atoms with Gasteiger partial charge in [0.25, 0.3) is 0 Å². The zero-order valence-electron chi connectivity index (χ0n) is 6.72. The van der Waals surface area contributed by atoms with Gasteiger partial charge in [0.2, 0.25) is 0 Å². The zero-order valence-corrected chi connectivity index (χ0v) is 12.1. The molecule has 0 atom stereocenters. The molecule has 0 spiro atoms. The average Bonchev–Trinajstić information content (AvgIpc) is 1.81. The van der Waals surface area contributed by atoms with Crippen molar-refractivity contribution in [1.82, 2.24) is 0 Å². The summed E-state index contributed by atoms with van der Waals surface area (Å²) >= 11 is 4.05. The third-order valence-corrected chi connectivity index (χ3v) is 2.84. The molecule has 0 saturated carbocycles. The van der Waals surface area contributed by atoms with Crippen molar-refractivity contribution in [2.75, 3.05) is 23.0 Å². The molecule has 0 aromatic rings. The number of hydrogen-bond donors (Lipinski definition) is 0. The van der Waals surface area contributed by atoms with E-state index < -0.39 is 0 Å². The largest absolute Gasteiger partial charge is 2.00 e. The van der Waals surface area contributed by atoms with E-state index >= 15 is 0 Å². The Hall–Kier alpha value is 1.97. The fourth-order valence-electron chi connectivity index (χ4n) is 0.407. The molecule has 0 aromatic carbocycles. The van der Waals surface area contributed by atoms with Crippen LogP contribution >= 0.6 is 23.5 Å². The number of hydrogen-bond acceptors (Lipinski definition) is 2. The normalized spacial score (nSPS) is 7.09. The molecule has 0 unspecified atom stereocenters. The molecule has 0 rings (SSSR count). The molecule has 0 aliphatic heterocycles. The van der Waals surface area contributed by atoms with E-state index in [9.17, 15) is 0 Å². The minimum Gasteiger partial charge on any atom is -1.00 e. The molecule has 0 bridgehead atoms. The molecule has 0 aliphatic carbocycles. The van der Waals surface area contributed by atoms with Crippen LogP contribution < -0.4 is 24.8 Å². The Bertz CT molecular complexity index is 43.6. The van der Waals surface area contributed by atoms with Crippen molar-refractivity contribution < 1.29 is 45.9 Å². The number of halogens is 2. The van der Waals surface area contributed by atoms with Gasteiger partial charge in [-0.1, -0.05) is 13.8 Å². The molecule has 0 fully saturated rings. The second-order valence-corrected chi connectivity index (χ2v) is 4.18. The second-order valence-electron chi connectivity index (χ2n) is 1.39. The monoisotopic (exact) mass is 415 g/mol. The van der Waals surface area contributed by atoms with Gasteiger partial charge in [-0.05, 0) is 11.5 Å². The maximum atomic E-state index is 2.21. The average molecular weight is 416 g/mol. The van der Waals surface area contributed by atoms with Gasteiger partial charge < -0.3 is 24.8 Å². The summed E-state index contributed by atoms with van der Waals surface area (Å²) in [4.78, 5) is 0. The van der Waals surface area contributed by atoms with E-state index in [4.69, 9.17) is 0 Å². The van der Waals surface area contributed by atoms with Gasteiger partial charge in [0.05, 0.1) is 0 Å². The Labute approximate surface area is 106 Å². The fraction of sp³-hybridized carbons (Fsp3) is 1.00. The van der Waals surface area contributed by atoms with Gasteiger partial charge in [0.15, 0.2) is 0 Å². The van der Waals surface area contributed by atoms with Gasteiger partial charge in [0, 0.05) is 11.5 Å². The Kier molecular flexibility index (Phi) is 47.6. The molecular weight excluding hydrogens is 402 g/mol. The third kappa shape index (κ3) is 24.5. The summed E-state index contributed by atoms with van der Waals surface area (Å²) in [6, 6.07) is 0. The van der Waals surface area contributed by atoms with Crippen LogP contribution in [0.5, 0.6) is 0 Å². The maximum absolute atomic E-state index is 2.21. The smallest absolute Gasteiger partial charge is 1.00 e. The van der Waals surface area contributed by atoms with Gasteiger partial charge in [-0.15, -0.1) is 0 Å². The van der Waals surface area contributed by atoms with Crippen molar-refractivity contribution in [3.8, 4) is 0 Å². The quantitative estimate of drug-likeness (QED) is 0.427. The van der Waals surface area contributed by atoms with Crippen molar-refractivity contribution >= 4 is 23.5 Å². The zero-order chi connectivity index (χ0) is 6.24. The predicted molar refractivity (Wildman–Crippen MR) is 46.0 cm³/mol. The first-order valence-corrected chi connectivity index (χ1v) is 5.38. The van der Waals surface area contributed by atoms with Crippen LogP contribution in [0.1, 0.15) is 13.8 Å². The van der Waals surface area contributed by atoms with Crippen molar-refractivity contribution in [3.05, 3.63) is 0 Å². The van der Waals surface area contributed by atoms with E-state index in [0.29, 0.717) is 0 Å². The standard InChI is InChI=1S/C6H14S2.2ClH.Pt/c1-3-7-5-6-8-4-2;;;/h3-6H2,1-2H3;2*1H;/q;;;+2/p-2. The summed E-state index contributed by atoms with van der Waals surface area (Å²) in [6.45, 7) is 4.42. The van der Waals surface area contributed by atoms with E-state index in [1.165, 1.54) is 23.0 Å². The van der Waals surface area contributed by atoms with E-state index in [0.717, 1.165) is 0 Å². The first kappa shape index (κ1) is 23.1. The molecule has 74 valence electrons. The van der Waals surface area contributed by atoms with Gasteiger partial charge in [0.1, 0.15) is 0 Å². The van der Waals surface area contributed by atoms with E-state index in [1.54, 1.807) is 0 Å². The Morgan fingerprint density at radius 2 is 1.09 bits per heavy atom. The Morgan fingerprint density at radius 3 is 1.27 bits per heavy atom. The molecule has 0 aliphatic rings. The topological polar surface area (TPSA) is 0 Å². The maximum Gasteiger partial charge on any atom is 2.00 e. The molecule has 0 radical (unpaired) electrons. The van der Waals surface area contributed by atoms with Crippen molar-refractivity contribution in [3.63, 3.8) is 0 Å². The Balaban J connectivity index is -0.0000000817. The SMILES string of the molecule is CCSCCSCC.[Cl-].[Cl-].[Pt+2]. The van der Waals surface area contributed by atoms with Crippen LogP contribution in [0.25, 0.3) is 0 Å². The first-order valence-electron chi connectivity index (χ1n) is 3.07. The molecule has 5 heteroatoms. The summed E-state index contributed by atoms with van der Waals surface area (Å²) < 4.78 is 0.